The predicted molar refractivity (Wildman–Crippen MR) is 125 cm³/mol. The summed E-state index contributed by atoms with van der Waals surface area (Å²) in [5.41, 5.74) is -2.25. The quantitative estimate of drug-likeness (QED) is 0.502. The molecule has 0 amide bonds. The maximum Gasteiger partial charge on any atom is 0.306 e. The first-order valence-corrected chi connectivity index (χ1v) is 12.6. The average molecular weight is 503 g/mol. The van der Waals surface area contributed by atoms with Crippen molar-refractivity contribution in [2.24, 2.45) is 28.6 Å². The minimum Gasteiger partial charge on any atom is -0.481 e. The van der Waals surface area contributed by atoms with Gasteiger partial charge < -0.3 is 19.7 Å². The highest BCUT2D eigenvalue weighted by Crippen LogP contribution is 2.67. The van der Waals surface area contributed by atoms with Gasteiger partial charge in [0.1, 0.15) is 11.7 Å². The third-order valence-electron chi connectivity index (χ3n) is 9.32. The standard InChI is InChI=1S/C27H34O9/c1-15(28)35-14-21(30)27(34)11-9-19-18-5-4-16-12-17(29)8-10-25(16,2)24(18)20(13-26(19,27)3)36-23(33)7-6-22(31)32/h8,10,12,18-20,24,34H,4-7,9,11,13-14H2,1-3H3,(H,31,32)/t18?,19?,20-,24?,25-,26-,27?/m0/s1. The monoisotopic (exact) mass is 502 g/mol. The van der Waals surface area contributed by atoms with Gasteiger partial charge in [-0.15, -0.1) is 0 Å². The predicted octanol–water partition coefficient (Wildman–Crippen LogP) is 2.54. The first kappa shape index (κ1) is 26.3. The first-order chi connectivity index (χ1) is 16.8. The van der Waals surface area contributed by atoms with Crippen LogP contribution < -0.4 is 0 Å². The van der Waals surface area contributed by atoms with Crippen LogP contribution in [0.25, 0.3) is 0 Å². The fourth-order valence-corrected chi connectivity index (χ4v) is 7.59. The van der Waals surface area contributed by atoms with Crippen LogP contribution in [-0.4, -0.2) is 58.0 Å². The molecule has 2 N–H and O–H groups in total. The van der Waals surface area contributed by atoms with Gasteiger partial charge in [-0.2, -0.15) is 0 Å². The number of aliphatic hydroxyl groups is 1. The van der Waals surface area contributed by atoms with Crippen LogP contribution in [0.15, 0.2) is 23.8 Å². The van der Waals surface area contributed by atoms with Crippen molar-refractivity contribution in [2.75, 3.05) is 6.61 Å². The number of Topliss-reactive ketones (excluding diaryl/α,β-unsaturated/α-hetero) is 1. The van der Waals surface area contributed by atoms with Crippen molar-refractivity contribution in [3.8, 4) is 0 Å². The maximum absolute atomic E-state index is 13.2. The maximum atomic E-state index is 13.2. The Morgan fingerprint density at radius 3 is 2.53 bits per heavy atom. The summed E-state index contributed by atoms with van der Waals surface area (Å²) in [5.74, 6) is -3.26. The van der Waals surface area contributed by atoms with Crippen molar-refractivity contribution in [1.29, 1.82) is 0 Å². The summed E-state index contributed by atoms with van der Waals surface area (Å²) >= 11 is 0. The van der Waals surface area contributed by atoms with Crippen LogP contribution in [-0.2, 0) is 33.4 Å². The molecule has 0 spiro atoms. The largest absolute Gasteiger partial charge is 0.481 e. The van der Waals surface area contributed by atoms with E-state index in [1.807, 2.05) is 19.9 Å². The van der Waals surface area contributed by atoms with Crippen molar-refractivity contribution in [1.82, 2.24) is 0 Å². The molecular formula is C27H34O9. The molecule has 196 valence electrons. The summed E-state index contributed by atoms with van der Waals surface area (Å²) in [5, 5.41) is 20.7. The molecule has 9 nitrogen and oxygen atoms in total. The van der Waals surface area contributed by atoms with Crippen molar-refractivity contribution < 1.29 is 43.7 Å². The van der Waals surface area contributed by atoms with Crippen molar-refractivity contribution >= 4 is 29.5 Å². The summed E-state index contributed by atoms with van der Waals surface area (Å²) in [6.07, 6.45) is 6.13. The molecular weight excluding hydrogens is 468 g/mol. The van der Waals surface area contributed by atoms with Crippen molar-refractivity contribution in [2.45, 2.75) is 77.4 Å². The summed E-state index contributed by atoms with van der Waals surface area (Å²) in [7, 11) is 0. The van der Waals surface area contributed by atoms with Crippen LogP contribution in [0.2, 0.25) is 0 Å². The molecule has 0 radical (unpaired) electrons. The number of ether oxygens (including phenoxy) is 2. The highest BCUT2D eigenvalue weighted by Gasteiger charge is 2.69. The Balaban J connectivity index is 1.71. The Bertz CT molecular complexity index is 1060. The van der Waals surface area contributed by atoms with Crippen LogP contribution in [0.1, 0.15) is 65.7 Å². The van der Waals surface area contributed by atoms with E-state index in [9.17, 15) is 29.1 Å². The number of hydrogen-bond donors (Lipinski definition) is 2. The Morgan fingerprint density at radius 1 is 1.14 bits per heavy atom. The highest BCUT2D eigenvalue weighted by molar-refractivity contribution is 6.01. The molecule has 0 aliphatic heterocycles. The van der Waals surface area contributed by atoms with Gasteiger partial charge in [0.2, 0.25) is 5.78 Å². The van der Waals surface area contributed by atoms with Crippen LogP contribution in [0.3, 0.4) is 0 Å². The van der Waals surface area contributed by atoms with E-state index in [2.05, 4.69) is 0 Å². The number of fused-ring (bicyclic) bond motifs is 5. The minimum atomic E-state index is -1.75. The average Bonchev–Trinajstić information content (AvgIpc) is 3.07. The molecule has 9 heteroatoms. The number of aliphatic carboxylic acids is 1. The molecule has 0 aromatic heterocycles. The fraction of sp³-hybridized carbons (Fsp3) is 0.667. The van der Waals surface area contributed by atoms with Crippen LogP contribution in [0, 0.1) is 28.6 Å². The summed E-state index contributed by atoms with van der Waals surface area (Å²) < 4.78 is 10.9. The van der Waals surface area contributed by atoms with E-state index in [0.29, 0.717) is 19.3 Å². The van der Waals surface area contributed by atoms with Gasteiger partial charge in [-0.05, 0) is 56.1 Å². The third-order valence-corrected chi connectivity index (χ3v) is 9.32. The molecule has 0 aromatic rings. The van der Waals surface area contributed by atoms with Gasteiger partial charge in [0, 0.05) is 23.7 Å². The van der Waals surface area contributed by atoms with E-state index in [4.69, 9.17) is 14.6 Å². The molecule has 7 atom stereocenters. The second kappa shape index (κ2) is 9.25. The summed E-state index contributed by atoms with van der Waals surface area (Å²) in [6, 6.07) is 0. The van der Waals surface area contributed by atoms with E-state index in [0.717, 1.165) is 5.57 Å². The Labute approximate surface area is 209 Å². The zero-order chi connectivity index (χ0) is 26.5. The lowest BCUT2D eigenvalue weighted by Gasteiger charge is -2.60. The lowest BCUT2D eigenvalue weighted by molar-refractivity contribution is -0.193. The zero-order valence-electron chi connectivity index (χ0n) is 21.0. The number of carbonyl (C=O) groups excluding carboxylic acids is 4. The number of carboxylic acid groups (broad SMARTS) is 1. The molecule has 0 bridgehead atoms. The number of hydrogen-bond acceptors (Lipinski definition) is 8. The molecule has 4 unspecified atom stereocenters. The van der Waals surface area contributed by atoms with Gasteiger partial charge in [-0.1, -0.05) is 25.5 Å². The first-order valence-electron chi connectivity index (χ1n) is 12.6. The lowest BCUT2D eigenvalue weighted by atomic mass is 9.46. The number of esters is 2. The minimum absolute atomic E-state index is 0.00317. The van der Waals surface area contributed by atoms with E-state index in [1.54, 1.807) is 6.08 Å². The van der Waals surface area contributed by atoms with Gasteiger partial charge in [-0.25, -0.2) is 0 Å². The van der Waals surface area contributed by atoms with E-state index in [-0.39, 0.29) is 49.2 Å². The van der Waals surface area contributed by atoms with Gasteiger partial charge in [0.25, 0.3) is 0 Å². The second-order valence-corrected chi connectivity index (χ2v) is 11.2. The highest BCUT2D eigenvalue weighted by atomic mass is 16.5. The molecule has 4 rings (SSSR count). The van der Waals surface area contributed by atoms with Gasteiger partial charge >= 0.3 is 17.9 Å². The van der Waals surface area contributed by atoms with Crippen LogP contribution >= 0.6 is 0 Å². The zero-order valence-corrected chi connectivity index (χ0v) is 21.0. The molecule has 4 aliphatic rings. The Kier molecular flexibility index (Phi) is 6.75. The van der Waals surface area contributed by atoms with Crippen LogP contribution in [0.4, 0.5) is 0 Å². The number of allylic oxidation sites excluding steroid dienone is 4. The number of carbonyl (C=O) groups is 5. The molecule has 0 aromatic carbocycles. The SMILES string of the molecule is CC(=O)OCC(=O)C1(O)CCC2C3CCC4=CC(=O)C=C[C@]4(C)C3[C@@H](OC(=O)CCC(=O)O)C[C@@]21C. The number of ketones is 2. The second-order valence-electron chi connectivity index (χ2n) is 11.2. The fourth-order valence-electron chi connectivity index (χ4n) is 7.59. The smallest absolute Gasteiger partial charge is 0.306 e. The summed E-state index contributed by atoms with van der Waals surface area (Å²) in [4.78, 5) is 60.3. The van der Waals surface area contributed by atoms with Gasteiger partial charge in [0.05, 0.1) is 12.8 Å². The van der Waals surface area contributed by atoms with Gasteiger partial charge in [0.15, 0.2) is 12.4 Å². The molecule has 3 saturated carbocycles. The number of rotatable bonds is 7. The Hall–Kier alpha value is -2.81. The Morgan fingerprint density at radius 2 is 1.86 bits per heavy atom. The normalized spacial score (nSPS) is 38.8. The van der Waals surface area contributed by atoms with E-state index in [1.165, 1.54) is 13.0 Å². The number of carboxylic acids is 1. The molecule has 36 heavy (non-hydrogen) atoms. The van der Waals surface area contributed by atoms with Crippen molar-refractivity contribution in [3.63, 3.8) is 0 Å². The lowest BCUT2D eigenvalue weighted by Crippen LogP contribution is -2.62. The molecule has 0 heterocycles. The van der Waals surface area contributed by atoms with Gasteiger partial charge in [-0.3, -0.25) is 24.0 Å². The molecule has 3 fully saturated rings. The van der Waals surface area contributed by atoms with Crippen molar-refractivity contribution in [3.05, 3.63) is 23.8 Å². The molecule has 0 saturated heterocycles. The van der Waals surface area contributed by atoms with E-state index >= 15 is 0 Å². The van der Waals surface area contributed by atoms with Crippen LogP contribution in [0.5, 0.6) is 0 Å². The topological polar surface area (TPSA) is 144 Å². The third kappa shape index (κ3) is 4.21. The summed E-state index contributed by atoms with van der Waals surface area (Å²) in [6.45, 7) is 4.55. The molecule has 4 aliphatic carbocycles. The van der Waals surface area contributed by atoms with E-state index < -0.39 is 52.8 Å².